The Kier molecular flexibility index (Phi) is 8.08. The van der Waals surface area contributed by atoms with E-state index in [0.29, 0.717) is 27.9 Å². The van der Waals surface area contributed by atoms with Crippen LogP contribution >= 0.6 is 23.7 Å². The maximum absolute atomic E-state index is 12.4. The second kappa shape index (κ2) is 9.54. The number of carbonyl (C=O) groups excluding carboxylic acids is 1. The van der Waals surface area contributed by atoms with E-state index < -0.39 is 0 Å². The molecule has 0 saturated heterocycles. The van der Waals surface area contributed by atoms with E-state index in [-0.39, 0.29) is 24.4 Å². The fourth-order valence-electron chi connectivity index (χ4n) is 2.06. The van der Waals surface area contributed by atoms with Crippen molar-refractivity contribution >= 4 is 29.7 Å². The standard InChI is InChI=1S/C15H21N5OS.ClH/c1-3-4-6-11(9-16)20-14(21)12-10(2)19-15(22-12)13-17-7-5-8-18-13;/h5,7-8,11H,3-4,6,9,16H2,1-2H3,(H,20,21);1H. The average Bonchev–Trinajstić information content (AvgIpc) is 2.94. The molecule has 0 saturated carbocycles. The van der Waals surface area contributed by atoms with Gasteiger partial charge in [0.05, 0.1) is 5.69 Å². The van der Waals surface area contributed by atoms with Crippen molar-refractivity contribution in [3.8, 4) is 10.8 Å². The molecule has 0 spiro atoms. The number of aromatic nitrogens is 3. The molecule has 23 heavy (non-hydrogen) atoms. The van der Waals surface area contributed by atoms with Crippen LogP contribution in [0.2, 0.25) is 0 Å². The highest BCUT2D eigenvalue weighted by Gasteiger charge is 2.19. The van der Waals surface area contributed by atoms with Gasteiger partial charge in [0.15, 0.2) is 10.8 Å². The molecule has 6 nitrogen and oxygen atoms in total. The van der Waals surface area contributed by atoms with Gasteiger partial charge in [-0.2, -0.15) is 0 Å². The maximum Gasteiger partial charge on any atom is 0.263 e. The summed E-state index contributed by atoms with van der Waals surface area (Å²) in [5.74, 6) is 0.416. The summed E-state index contributed by atoms with van der Waals surface area (Å²) in [5.41, 5.74) is 6.42. The predicted octanol–water partition coefficient (Wildman–Crippen LogP) is 2.58. The minimum absolute atomic E-state index is 0. The van der Waals surface area contributed by atoms with E-state index in [0.717, 1.165) is 19.3 Å². The highest BCUT2D eigenvalue weighted by atomic mass is 35.5. The van der Waals surface area contributed by atoms with Gasteiger partial charge in [-0.05, 0) is 19.4 Å². The van der Waals surface area contributed by atoms with Gasteiger partial charge in [0, 0.05) is 25.0 Å². The highest BCUT2D eigenvalue weighted by Crippen LogP contribution is 2.25. The molecule has 1 amide bonds. The summed E-state index contributed by atoms with van der Waals surface area (Å²) in [7, 11) is 0. The van der Waals surface area contributed by atoms with Gasteiger partial charge >= 0.3 is 0 Å². The summed E-state index contributed by atoms with van der Waals surface area (Å²) in [5, 5.41) is 3.64. The SMILES string of the molecule is CCCCC(CN)NC(=O)c1sc(-c2ncccn2)nc1C.Cl. The third-order valence-corrected chi connectivity index (χ3v) is 4.44. The normalized spacial score (nSPS) is 11.6. The van der Waals surface area contributed by atoms with Gasteiger partial charge in [-0.3, -0.25) is 4.79 Å². The molecule has 0 radical (unpaired) electrons. The summed E-state index contributed by atoms with van der Waals surface area (Å²) in [6.07, 6.45) is 6.35. The molecule has 2 aromatic rings. The van der Waals surface area contributed by atoms with E-state index in [2.05, 4.69) is 27.2 Å². The number of rotatable bonds is 7. The number of nitrogens with one attached hydrogen (secondary N) is 1. The van der Waals surface area contributed by atoms with Crippen molar-refractivity contribution in [2.24, 2.45) is 5.73 Å². The quantitative estimate of drug-likeness (QED) is 0.796. The fourth-order valence-corrected chi connectivity index (χ4v) is 2.98. The molecule has 8 heteroatoms. The van der Waals surface area contributed by atoms with Crippen LogP contribution in [0.25, 0.3) is 10.8 Å². The van der Waals surface area contributed by atoms with E-state index in [9.17, 15) is 4.79 Å². The largest absolute Gasteiger partial charge is 0.347 e. The molecule has 1 atom stereocenters. The zero-order valence-electron chi connectivity index (χ0n) is 13.3. The first-order valence-corrected chi connectivity index (χ1v) is 8.23. The first kappa shape index (κ1) is 19.5. The second-order valence-corrected chi connectivity index (χ2v) is 6.05. The zero-order valence-corrected chi connectivity index (χ0v) is 14.9. The molecule has 3 N–H and O–H groups in total. The van der Waals surface area contributed by atoms with Crippen LogP contribution in [0.4, 0.5) is 0 Å². The Hall–Kier alpha value is -1.57. The molecular formula is C15H22ClN5OS. The molecule has 2 rings (SSSR count). The number of amides is 1. The minimum Gasteiger partial charge on any atom is -0.347 e. The summed E-state index contributed by atoms with van der Waals surface area (Å²) in [6, 6.07) is 1.75. The summed E-state index contributed by atoms with van der Waals surface area (Å²) in [6.45, 7) is 4.38. The van der Waals surface area contributed by atoms with Crippen LogP contribution in [0, 0.1) is 6.92 Å². The maximum atomic E-state index is 12.4. The van der Waals surface area contributed by atoms with Crippen LogP contribution in [0.5, 0.6) is 0 Å². The summed E-state index contributed by atoms with van der Waals surface area (Å²) in [4.78, 5) is 25.7. The molecule has 0 bridgehead atoms. The molecule has 0 fully saturated rings. The molecule has 0 aliphatic heterocycles. The van der Waals surface area contributed by atoms with Crippen molar-refractivity contribution < 1.29 is 4.79 Å². The van der Waals surface area contributed by atoms with Crippen molar-refractivity contribution in [3.05, 3.63) is 29.0 Å². The Labute approximate surface area is 146 Å². The van der Waals surface area contributed by atoms with Crippen molar-refractivity contribution in [2.75, 3.05) is 6.54 Å². The molecule has 0 aliphatic carbocycles. The van der Waals surface area contributed by atoms with Gasteiger partial charge in [0.2, 0.25) is 0 Å². The van der Waals surface area contributed by atoms with Crippen LogP contribution in [0.15, 0.2) is 18.5 Å². The van der Waals surface area contributed by atoms with E-state index in [4.69, 9.17) is 5.73 Å². The van der Waals surface area contributed by atoms with Gasteiger partial charge in [-0.25, -0.2) is 15.0 Å². The molecule has 2 aromatic heterocycles. The van der Waals surface area contributed by atoms with Gasteiger partial charge in [-0.1, -0.05) is 19.8 Å². The lowest BCUT2D eigenvalue weighted by Crippen LogP contribution is -2.40. The number of aryl methyl sites for hydroxylation is 1. The highest BCUT2D eigenvalue weighted by molar-refractivity contribution is 7.17. The Balaban J connectivity index is 0.00000264. The number of hydrogen-bond acceptors (Lipinski definition) is 6. The van der Waals surface area contributed by atoms with Gasteiger partial charge in [0.25, 0.3) is 5.91 Å². The lowest BCUT2D eigenvalue weighted by molar-refractivity contribution is 0.0939. The first-order chi connectivity index (χ1) is 10.7. The Morgan fingerprint density at radius 2 is 2.09 bits per heavy atom. The molecular weight excluding hydrogens is 334 g/mol. The zero-order chi connectivity index (χ0) is 15.9. The number of nitrogens with zero attached hydrogens (tertiary/aromatic N) is 3. The topological polar surface area (TPSA) is 93.8 Å². The van der Waals surface area contributed by atoms with Gasteiger partial charge in [0.1, 0.15) is 4.88 Å². The van der Waals surface area contributed by atoms with Crippen LogP contribution < -0.4 is 11.1 Å². The number of carbonyl (C=O) groups is 1. The summed E-state index contributed by atoms with van der Waals surface area (Å²) >= 11 is 1.31. The van der Waals surface area contributed by atoms with E-state index in [1.54, 1.807) is 18.5 Å². The molecule has 126 valence electrons. The number of unbranched alkanes of at least 4 members (excludes halogenated alkanes) is 1. The molecule has 0 aliphatic rings. The van der Waals surface area contributed by atoms with E-state index >= 15 is 0 Å². The Bertz CT molecular complexity index is 620. The first-order valence-electron chi connectivity index (χ1n) is 7.41. The molecule has 2 heterocycles. The second-order valence-electron chi connectivity index (χ2n) is 5.05. The third kappa shape index (κ3) is 5.23. The van der Waals surface area contributed by atoms with Crippen molar-refractivity contribution in [1.82, 2.24) is 20.3 Å². The monoisotopic (exact) mass is 355 g/mol. The van der Waals surface area contributed by atoms with E-state index in [1.807, 2.05) is 6.92 Å². The fraction of sp³-hybridized carbons (Fsp3) is 0.467. The van der Waals surface area contributed by atoms with Crippen molar-refractivity contribution in [2.45, 2.75) is 39.2 Å². The number of hydrogen-bond donors (Lipinski definition) is 2. The average molecular weight is 356 g/mol. The van der Waals surface area contributed by atoms with E-state index in [1.165, 1.54) is 11.3 Å². The van der Waals surface area contributed by atoms with Crippen LogP contribution in [0.1, 0.15) is 41.6 Å². The Morgan fingerprint density at radius 3 is 2.70 bits per heavy atom. The van der Waals surface area contributed by atoms with Gasteiger partial charge < -0.3 is 11.1 Å². The summed E-state index contributed by atoms with van der Waals surface area (Å²) < 4.78 is 0. The molecule has 0 aromatic carbocycles. The van der Waals surface area contributed by atoms with Crippen molar-refractivity contribution in [3.63, 3.8) is 0 Å². The van der Waals surface area contributed by atoms with Crippen LogP contribution in [0.3, 0.4) is 0 Å². The van der Waals surface area contributed by atoms with Crippen LogP contribution in [-0.4, -0.2) is 33.4 Å². The van der Waals surface area contributed by atoms with Crippen molar-refractivity contribution in [1.29, 1.82) is 0 Å². The number of nitrogens with two attached hydrogens (primary N) is 1. The Morgan fingerprint density at radius 1 is 1.39 bits per heavy atom. The van der Waals surface area contributed by atoms with Gasteiger partial charge in [-0.15, -0.1) is 23.7 Å². The van der Waals surface area contributed by atoms with Crippen LogP contribution in [-0.2, 0) is 0 Å². The lowest BCUT2D eigenvalue weighted by atomic mass is 10.1. The third-order valence-electron chi connectivity index (χ3n) is 3.29. The smallest absolute Gasteiger partial charge is 0.263 e. The molecule has 1 unspecified atom stereocenters. The number of halogens is 1. The lowest BCUT2D eigenvalue weighted by Gasteiger charge is -2.15. The number of thiazole rings is 1. The minimum atomic E-state index is -0.122. The predicted molar refractivity (Wildman–Crippen MR) is 95.0 cm³/mol.